The molecule has 30 heavy (non-hydrogen) atoms. The van der Waals surface area contributed by atoms with Gasteiger partial charge in [-0.1, -0.05) is 31.8 Å². The normalized spacial score (nSPS) is 18.6. The highest BCUT2D eigenvalue weighted by Gasteiger charge is 2.30. The molecule has 0 spiro atoms. The van der Waals surface area contributed by atoms with Crippen LogP contribution in [0.25, 0.3) is 10.4 Å². The second kappa shape index (κ2) is 15.9. The lowest BCUT2D eigenvalue weighted by atomic mass is 10.1. The number of aliphatic hydroxyl groups is 3. The Hall–Kier alpha value is -1.91. The van der Waals surface area contributed by atoms with Crippen molar-refractivity contribution >= 4 is 11.8 Å². The van der Waals surface area contributed by atoms with E-state index in [2.05, 4.69) is 20.7 Å². The van der Waals surface area contributed by atoms with E-state index in [-0.39, 0.29) is 18.0 Å². The first-order chi connectivity index (χ1) is 14.3. The number of carbonyl (C=O) groups is 2. The summed E-state index contributed by atoms with van der Waals surface area (Å²) in [6.45, 7) is 3.89. The number of rotatable bonds is 11. The second-order valence-corrected chi connectivity index (χ2v) is 7.47. The monoisotopic (exact) mass is 430 g/mol. The van der Waals surface area contributed by atoms with Crippen LogP contribution in [0.15, 0.2) is 5.11 Å². The molecule has 0 radical (unpaired) electrons. The molecule has 11 heteroatoms. The lowest BCUT2D eigenvalue weighted by molar-refractivity contribution is -0.131. The fraction of sp³-hybridized carbons (Fsp3) is 0.895. The van der Waals surface area contributed by atoms with Crippen molar-refractivity contribution in [1.29, 1.82) is 0 Å². The molecule has 2 fully saturated rings. The van der Waals surface area contributed by atoms with E-state index in [1.165, 1.54) is 0 Å². The highest BCUT2D eigenvalue weighted by molar-refractivity contribution is 5.82. The minimum Gasteiger partial charge on any atom is -0.400 e. The van der Waals surface area contributed by atoms with Gasteiger partial charge in [0.05, 0.1) is 6.04 Å². The standard InChI is InChI=1S/C9H16N4O2.C9H18N2O2.CH4O/c1-2-3-7(12-13-10)8(14)9(15)11-6-4-5-6;1-2-3-7(10)8(12)9(13)11-6-4-5-6;1-2/h6-8,14H,2-5H2,1H3,(H,11,15);6-8,12H,2-5,10H2,1H3,(H,11,13);2H,1H3/t2*7-,8-;/m00./s1. The SMILES string of the molecule is CCC[C@H](N)[C@H](O)C(=O)NC1CC1.CCC[C@H](N=[N+]=[N-])[C@H](O)C(=O)NC1CC1.CO. The molecular weight excluding hydrogens is 392 g/mol. The van der Waals surface area contributed by atoms with E-state index in [0.29, 0.717) is 12.8 Å². The van der Waals surface area contributed by atoms with Crippen LogP contribution in [0, 0.1) is 0 Å². The molecule has 0 bridgehead atoms. The molecule has 2 aliphatic carbocycles. The van der Waals surface area contributed by atoms with Gasteiger partial charge >= 0.3 is 0 Å². The zero-order valence-electron chi connectivity index (χ0n) is 18.2. The number of azide groups is 1. The largest absolute Gasteiger partial charge is 0.400 e. The summed E-state index contributed by atoms with van der Waals surface area (Å²) in [6.07, 6.45) is 4.58. The molecular formula is C19H38N6O5. The van der Waals surface area contributed by atoms with E-state index in [1.54, 1.807) is 0 Å². The molecule has 0 saturated heterocycles. The van der Waals surface area contributed by atoms with Gasteiger partial charge in [-0.05, 0) is 44.1 Å². The van der Waals surface area contributed by atoms with E-state index in [9.17, 15) is 19.8 Å². The van der Waals surface area contributed by atoms with Crippen molar-refractivity contribution in [1.82, 2.24) is 10.6 Å². The summed E-state index contributed by atoms with van der Waals surface area (Å²) >= 11 is 0. The van der Waals surface area contributed by atoms with Gasteiger partial charge in [-0.2, -0.15) is 0 Å². The Morgan fingerprint density at radius 1 is 1.00 bits per heavy atom. The Morgan fingerprint density at radius 2 is 1.43 bits per heavy atom. The van der Waals surface area contributed by atoms with Crippen molar-refractivity contribution in [3.63, 3.8) is 0 Å². The maximum atomic E-state index is 11.4. The summed E-state index contributed by atoms with van der Waals surface area (Å²) in [6, 6.07) is -0.584. The lowest BCUT2D eigenvalue weighted by Gasteiger charge is -2.17. The van der Waals surface area contributed by atoms with Gasteiger partial charge in [-0.15, -0.1) is 0 Å². The zero-order valence-corrected chi connectivity index (χ0v) is 18.2. The van der Waals surface area contributed by atoms with Gasteiger partial charge in [0.25, 0.3) is 5.91 Å². The van der Waals surface area contributed by atoms with E-state index < -0.39 is 30.2 Å². The first kappa shape index (κ1) is 28.1. The number of carbonyl (C=O) groups excluding carboxylic acids is 2. The molecule has 2 rings (SSSR count). The van der Waals surface area contributed by atoms with E-state index in [0.717, 1.165) is 45.6 Å². The topological polar surface area (TPSA) is 194 Å². The van der Waals surface area contributed by atoms with Crippen LogP contribution >= 0.6 is 0 Å². The molecule has 7 N–H and O–H groups in total. The van der Waals surface area contributed by atoms with Crippen LogP contribution in [0.2, 0.25) is 0 Å². The Labute approximate surface area is 178 Å². The molecule has 0 heterocycles. The van der Waals surface area contributed by atoms with Crippen LogP contribution in [-0.4, -0.2) is 70.6 Å². The Balaban J connectivity index is 0.000000522. The van der Waals surface area contributed by atoms with Crippen LogP contribution in [0.4, 0.5) is 0 Å². The number of nitrogens with two attached hydrogens (primary N) is 1. The zero-order chi connectivity index (χ0) is 23.1. The highest BCUT2D eigenvalue weighted by Crippen LogP contribution is 2.20. The third kappa shape index (κ3) is 11.9. The van der Waals surface area contributed by atoms with Crippen molar-refractivity contribution in [3.05, 3.63) is 10.4 Å². The van der Waals surface area contributed by atoms with Crippen molar-refractivity contribution < 1.29 is 24.9 Å². The van der Waals surface area contributed by atoms with Crippen LogP contribution in [0.5, 0.6) is 0 Å². The lowest BCUT2D eigenvalue weighted by Crippen LogP contribution is -2.46. The maximum Gasteiger partial charge on any atom is 0.250 e. The molecule has 2 aliphatic rings. The first-order valence-electron chi connectivity index (χ1n) is 10.5. The molecule has 0 aromatic heterocycles. The molecule has 4 atom stereocenters. The Kier molecular flexibility index (Phi) is 14.9. The van der Waals surface area contributed by atoms with Crippen LogP contribution in [0.1, 0.15) is 65.2 Å². The van der Waals surface area contributed by atoms with E-state index >= 15 is 0 Å². The molecule has 0 unspecified atom stereocenters. The summed E-state index contributed by atoms with van der Waals surface area (Å²) in [5.41, 5.74) is 13.9. The Morgan fingerprint density at radius 3 is 1.80 bits per heavy atom. The first-order valence-corrected chi connectivity index (χ1v) is 10.5. The summed E-state index contributed by atoms with van der Waals surface area (Å²) in [5.74, 6) is -0.744. The minimum absolute atomic E-state index is 0.209. The average molecular weight is 431 g/mol. The number of amides is 2. The minimum atomic E-state index is -1.22. The summed E-state index contributed by atoms with van der Waals surface area (Å²) in [7, 11) is 1.00. The van der Waals surface area contributed by atoms with Gasteiger partial charge in [0, 0.05) is 30.1 Å². The predicted octanol–water partition coefficient (Wildman–Crippen LogP) is 0.467. The molecule has 174 valence electrons. The quantitative estimate of drug-likeness (QED) is 0.156. The fourth-order valence-corrected chi connectivity index (χ4v) is 2.53. The maximum absolute atomic E-state index is 11.4. The molecule has 2 saturated carbocycles. The number of hydrogen-bond donors (Lipinski definition) is 6. The number of hydrogen-bond acceptors (Lipinski definition) is 7. The smallest absolute Gasteiger partial charge is 0.250 e. The summed E-state index contributed by atoms with van der Waals surface area (Å²) < 4.78 is 0. The van der Waals surface area contributed by atoms with Crippen molar-refractivity contribution in [2.45, 2.75) is 102 Å². The summed E-state index contributed by atoms with van der Waals surface area (Å²) in [5, 5.41) is 34.9. The van der Waals surface area contributed by atoms with E-state index in [4.69, 9.17) is 16.4 Å². The highest BCUT2D eigenvalue weighted by atomic mass is 16.3. The van der Waals surface area contributed by atoms with Crippen LogP contribution in [-0.2, 0) is 9.59 Å². The van der Waals surface area contributed by atoms with Gasteiger partial charge < -0.3 is 31.7 Å². The van der Waals surface area contributed by atoms with Crippen molar-refractivity contribution in [2.24, 2.45) is 10.8 Å². The summed E-state index contributed by atoms with van der Waals surface area (Å²) in [4.78, 5) is 25.3. The third-order valence-electron chi connectivity index (χ3n) is 4.56. The number of nitrogens with zero attached hydrogens (tertiary/aromatic N) is 3. The van der Waals surface area contributed by atoms with Crippen molar-refractivity contribution in [3.8, 4) is 0 Å². The third-order valence-corrected chi connectivity index (χ3v) is 4.56. The van der Waals surface area contributed by atoms with Crippen molar-refractivity contribution in [2.75, 3.05) is 7.11 Å². The molecule has 0 aromatic carbocycles. The van der Waals surface area contributed by atoms with Gasteiger partial charge in [0.1, 0.15) is 12.2 Å². The van der Waals surface area contributed by atoms with Gasteiger partial charge in [-0.3, -0.25) is 9.59 Å². The molecule has 11 nitrogen and oxygen atoms in total. The fourth-order valence-electron chi connectivity index (χ4n) is 2.53. The second-order valence-electron chi connectivity index (χ2n) is 7.47. The molecule has 2 amide bonds. The van der Waals surface area contributed by atoms with Gasteiger partial charge in [0.2, 0.25) is 5.91 Å². The van der Waals surface area contributed by atoms with Crippen LogP contribution in [0.3, 0.4) is 0 Å². The van der Waals surface area contributed by atoms with Gasteiger partial charge in [-0.25, -0.2) is 0 Å². The number of aliphatic hydroxyl groups excluding tert-OH is 3. The van der Waals surface area contributed by atoms with Crippen LogP contribution < -0.4 is 16.4 Å². The van der Waals surface area contributed by atoms with E-state index in [1.807, 2.05) is 13.8 Å². The predicted molar refractivity (Wildman–Crippen MR) is 113 cm³/mol. The van der Waals surface area contributed by atoms with Gasteiger partial charge in [0.15, 0.2) is 0 Å². The Bertz CT molecular complexity index is 550. The molecule has 0 aromatic rings. The number of nitrogens with one attached hydrogen (secondary N) is 2. The molecule has 0 aliphatic heterocycles. The average Bonchev–Trinajstić information content (AvgIpc) is 3.66.